The Morgan fingerprint density at radius 1 is 0.972 bits per heavy atom. The smallest absolute Gasteiger partial charge is 0.138 e. The van der Waals surface area contributed by atoms with Crippen LogP contribution in [0.4, 0.5) is 5.69 Å². The number of rotatable bonds is 12. The van der Waals surface area contributed by atoms with Gasteiger partial charge in [0.25, 0.3) is 0 Å². The lowest BCUT2D eigenvalue weighted by molar-refractivity contribution is 0.145. The van der Waals surface area contributed by atoms with E-state index < -0.39 is 0 Å². The molecule has 0 amide bonds. The molecule has 0 spiro atoms. The lowest BCUT2D eigenvalue weighted by atomic mass is 10.0. The molecule has 1 aromatic heterocycles. The van der Waals surface area contributed by atoms with Crippen molar-refractivity contribution in [3.63, 3.8) is 0 Å². The summed E-state index contributed by atoms with van der Waals surface area (Å²) < 4.78 is 5.47. The topological polar surface area (TPSA) is 44.4 Å². The SMILES string of the molecule is C=C/C(=C\C=C(/C)N(C)C)c1[nH]c(-c2ccc(CCCOCC)cc2)nc1-c1ccc(N(C)C)cc1. The van der Waals surface area contributed by atoms with Crippen molar-refractivity contribution in [1.82, 2.24) is 14.9 Å². The molecule has 5 heteroatoms. The summed E-state index contributed by atoms with van der Waals surface area (Å²) in [6.07, 6.45) is 8.12. The Labute approximate surface area is 216 Å². The van der Waals surface area contributed by atoms with E-state index in [2.05, 4.69) is 89.0 Å². The van der Waals surface area contributed by atoms with Gasteiger partial charge in [-0.05, 0) is 56.0 Å². The molecule has 0 saturated heterocycles. The first-order chi connectivity index (χ1) is 17.3. The number of ether oxygens (including phenoxy) is 1. The van der Waals surface area contributed by atoms with E-state index in [4.69, 9.17) is 9.72 Å². The van der Waals surface area contributed by atoms with Crippen LogP contribution in [0.5, 0.6) is 0 Å². The second kappa shape index (κ2) is 12.9. The van der Waals surface area contributed by atoms with E-state index in [1.807, 2.05) is 41.2 Å². The van der Waals surface area contributed by atoms with Gasteiger partial charge in [-0.3, -0.25) is 0 Å². The second-order valence-electron chi connectivity index (χ2n) is 9.28. The highest BCUT2D eigenvalue weighted by atomic mass is 16.5. The molecule has 3 rings (SSSR count). The van der Waals surface area contributed by atoms with E-state index in [1.165, 1.54) is 5.56 Å². The maximum absolute atomic E-state index is 5.47. The number of benzene rings is 2. The van der Waals surface area contributed by atoms with Crippen molar-refractivity contribution < 1.29 is 4.74 Å². The minimum Gasteiger partial charge on any atom is -0.382 e. The van der Waals surface area contributed by atoms with Gasteiger partial charge in [0, 0.05) is 63.9 Å². The highest BCUT2D eigenvalue weighted by Gasteiger charge is 2.16. The summed E-state index contributed by atoms with van der Waals surface area (Å²) in [5, 5.41) is 0. The molecule has 190 valence electrons. The molecular weight excluding hydrogens is 444 g/mol. The second-order valence-corrected chi connectivity index (χ2v) is 9.28. The van der Waals surface area contributed by atoms with Gasteiger partial charge in [-0.1, -0.05) is 55.1 Å². The van der Waals surface area contributed by atoms with E-state index in [-0.39, 0.29) is 0 Å². The van der Waals surface area contributed by atoms with E-state index in [1.54, 1.807) is 0 Å². The standard InChI is InChI=1S/C31H40N4O/c1-8-25(15-12-23(3)34(4)5)29-30(26-18-20-28(21-19-26)35(6)7)33-31(32-29)27-16-13-24(14-17-27)11-10-22-36-9-2/h8,12-21H,1,9-11,22H2,2-7H3,(H,32,33)/b23-12+,25-15+. The fourth-order valence-electron chi connectivity index (χ4n) is 3.81. The molecular formula is C31H40N4O. The molecule has 0 aliphatic carbocycles. The van der Waals surface area contributed by atoms with Crippen LogP contribution in [0.25, 0.3) is 28.2 Å². The molecule has 1 heterocycles. The van der Waals surface area contributed by atoms with Gasteiger partial charge < -0.3 is 19.5 Å². The molecule has 0 bridgehead atoms. The summed E-state index contributed by atoms with van der Waals surface area (Å²) in [6, 6.07) is 17.2. The summed E-state index contributed by atoms with van der Waals surface area (Å²) in [7, 11) is 8.18. The fourth-order valence-corrected chi connectivity index (χ4v) is 3.81. The van der Waals surface area contributed by atoms with Gasteiger partial charge in [0.05, 0.1) is 11.4 Å². The summed E-state index contributed by atoms with van der Waals surface area (Å²) in [5.74, 6) is 0.846. The summed E-state index contributed by atoms with van der Waals surface area (Å²) in [6.45, 7) is 9.78. The van der Waals surface area contributed by atoms with Crippen LogP contribution in [0, 0.1) is 0 Å². The van der Waals surface area contributed by atoms with Crippen molar-refractivity contribution in [2.24, 2.45) is 0 Å². The predicted molar refractivity (Wildman–Crippen MR) is 154 cm³/mol. The monoisotopic (exact) mass is 484 g/mol. The Morgan fingerprint density at radius 3 is 2.22 bits per heavy atom. The zero-order chi connectivity index (χ0) is 26.1. The number of nitrogens with zero attached hydrogens (tertiary/aromatic N) is 3. The third-order valence-electron chi connectivity index (χ3n) is 6.26. The van der Waals surface area contributed by atoms with Gasteiger partial charge in [-0.2, -0.15) is 0 Å². The van der Waals surface area contributed by atoms with Crippen LogP contribution >= 0.6 is 0 Å². The average Bonchev–Trinajstić information content (AvgIpc) is 3.32. The van der Waals surface area contributed by atoms with Crippen LogP contribution in [0.3, 0.4) is 0 Å². The maximum atomic E-state index is 5.47. The highest BCUT2D eigenvalue weighted by molar-refractivity contribution is 5.84. The molecule has 36 heavy (non-hydrogen) atoms. The van der Waals surface area contributed by atoms with Crippen LogP contribution in [-0.2, 0) is 11.2 Å². The number of hydrogen-bond donors (Lipinski definition) is 1. The predicted octanol–water partition coefficient (Wildman–Crippen LogP) is 6.81. The largest absolute Gasteiger partial charge is 0.382 e. The number of anilines is 1. The van der Waals surface area contributed by atoms with Crippen molar-refractivity contribution >= 4 is 11.3 Å². The molecule has 5 nitrogen and oxygen atoms in total. The molecule has 0 aliphatic heterocycles. The number of hydrogen-bond acceptors (Lipinski definition) is 4. The summed E-state index contributed by atoms with van der Waals surface area (Å²) in [5.41, 5.74) is 8.61. The molecule has 2 aromatic carbocycles. The van der Waals surface area contributed by atoms with Gasteiger partial charge in [0.15, 0.2) is 0 Å². The minimum absolute atomic E-state index is 0.769. The van der Waals surface area contributed by atoms with E-state index in [9.17, 15) is 0 Å². The third kappa shape index (κ3) is 6.98. The van der Waals surface area contributed by atoms with Crippen LogP contribution in [0.15, 0.2) is 79.0 Å². The zero-order valence-corrected chi connectivity index (χ0v) is 22.6. The fraction of sp³-hybridized carbons (Fsp3) is 0.323. The number of allylic oxidation sites excluding steroid dienone is 5. The summed E-state index contributed by atoms with van der Waals surface area (Å²) in [4.78, 5) is 12.8. The van der Waals surface area contributed by atoms with Gasteiger partial charge in [0.1, 0.15) is 5.82 Å². The Bertz CT molecular complexity index is 1180. The number of H-pyrrole nitrogens is 1. The zero-order valence-electron chi connectivity index (χ0n) is 22.6. The Morgan fingerprint density at radius 2 is 1.64 bits per heavy atom. The van der Waals surface area contributed by atoms with Crippen molar-refractivity contribution in [3.05, 3.63) is 90.3 Å². The molecule has 0 unspecified atom stereocenters. The van der Waals surface area contributed by atoms with Crippen LogP contribution < -0.4 is 4.90 Å². The number of aromatic nitrogens is 2. The average molecular weight is 485 g/mol. The lowest BCUT2D eigenvalue weighted by Gasteiger charge is -2.13. The Balaban J connectivity index is 2.00. The number of aromatic amines is 1. The molecule has 1 N–H and O–H groups in total. The Hall–Kier alpha value is -3.57. The molecule has 0 saturated carbocycles. The highest BCUT2D eigenvalue weighted by Crippen LogP contribution is 2.32. The molecule has 0 radical (unpaired) electrons. The minimum atomic E-state index is 0.769. The Kier molecular flexibility index (Phi) is 9.71. The number of imidazole rings is 1. The lowest BCUT2D eigenvalue weighted by Crippen LogP contribution is -2.08. The molecule has 3 aromatic rings. The van der Waals surface area contributed by atoms with Crippen LogP contribution in [0.2, 0.25) is 0 Å². The van der Waals surface area contributed by atoms with Crippen LogP contribution in [0.1, 0.15) is 31.5 Å². The third-order valence-corrected chi connectivity index (χ3v) is 6.26. The normalized spacial score (nSPS) is 12.1. The number of nitrogens with one attached hydrogen (secondary N) is 1. The first kappa shape index (κ1) is 27.0. The first-order valence-electron chi connectivity index (χ1n) is 12.6. The van der Waals surface area contributed by atoms with Gasteiger partial charge in [-0.15, -0.1) is 0 Å². The molecule has 0 atom stereocenters. The quantitative estimate of drug-likeness (QED) is 0.226. The maximum Gasteiger partial charge on any atom is 0.138 e. The van der Waals surface area contributed by atoms with Gasteiger partial charge in [0.2, 0.25) is 0 Å². The first-order valence-corrected chi connectivity index (χ1v) is 12.6. The molecule has 0 fully saturated rings. The molecule has 0 aliphatic rings. The van der Waals surface area contributed by atoms with Crippen molar-refractivity contribution in [1.29, 1.82) is 0 Å². The number of aryl methyl sites for hydroxylation is 1. The summed E-state index contributed by atoms with van der Waals surface area (Å²) >= 11 is 0. The van der Waals surface area contributed by atoms with Crippen LogP contribution in [-0.4, -0.2) is 56.3 Å². The van der Waals surface area contributed by atoms with Gasteiger partial charge >= 0.3 is 0 Å². The van der Waals surface area contributed by atoms with Crippen molar-refractivity contribution in [2.75, 3.05) is 46.3 Å². The van der Waals surface area contributed by atoms with E-state index >= 15 is 0 Å². The van der Waals surface area contributed by atoms with E-state index in [0.29, 0.717) is 0 Å². The van der Waals surface area contributed by atoms with Crippen molar-refractivity contribution in [2.45, 2.75) is 26.7 Å². The van der Waals surface area contributed by atoms with Gasteiger partial charge in [-0.25, -0.2) is 4.98 Å². The van der Waals surface area contributed by atoms with Crippen molar-refractivity contribution in [3.8, 4) is 22.6 Å². The van der Waals surface area contributed by atoms with E-state index in [0.717, 1.165) is 71.4 Å².